The number of allylic oxidation sites excluding steroid dienone is 4. The third-order valence-corrected chi connectivity index (χ3v) is 31.1. The molecule has 0 radical (unpaired) electrons. The minimum atomic E-state index is -5.46. The van der Waals surface area contributed by atoms with Gasteiger partial charge in [-0.1, -0.05) is 0 Å². The first kappa shape index (κ1) is 37.5. The Hall–Kier alpha value is -2.31. The first-order valence-electron chi connectivity index (χ1n) is 18.5. The van der Waals surface area contributed by atoms with E-state index in [0.29, 0.717) is 11.8 Å². The van der Waals surface area contributed by atoms with Gasteiger partial charge < -0.3 is 0 Å². The number of halogens is 2. The van der Waals surface area contributed by atoms with Gasteiger partial charge in [-0.25, -0.2) is 0 Å². The molecule has 0 saturated carbocycles. The van der Waals surface area contributed by atoms with Gasteiger partial charge >= 0.3 is 313 Å². The molecule has 262 valence electrons. The molecule has 0 aliphatic heterocycles. The van der Waals surface area contributed by atoms with Crippen molar-refractivity contribution in [2.24, 2.45) is 0 Å². The molecular formula is C47H56Cl2Zr. The maximum absolute atomic E-state index is 8.90. The van der Waals surface area contributed by atoms with Crippen LogP contribution in [0.4, 0.5) is 0 Å². The monoisotopic (exact) mass is 780 g/mol. The van der Waals surface area contributed by atoms with E-state index in [1.54, 1.807) is 0 Å². The van der Waals surface area contributed by atoms with E-state index in [4.69, 9.17) is 17.0 Å². The van der Waals surface area contributed by atoms with Gasteiger partial charge in [-0.05, 0) is 0 Å². The van der Waals surface area contributed by atoms with Gasteiger partial charge in [0.2, 0.25) is 0 Å². The molecule has 4 aromatic carbocycles. The molecule has 0 heterocycles. The Morgan fingerprint density at radius 1 is 0.580 bits per heavy atom. The molecule has 0 spiro atoms. The van der Waals surface area contributed by atoms with Crippen LogP contribution in [0.25, 0.3) is 11.1 Å². The van der Waals surface area contributed by atoms with Crippen LogP contribution in [0.3, 0.4) is 0 Å². The van der Waals surface area contributed by atoms with Crippen molar-refractivity contribution < 1.29 is 15.9 Å². The summed E-state index contributed by atoms with van der Waals surface area (Å²) < 4.78 is 0.922. The second-order valence-electron chi connectivity index (χ2n) is 17.8. The average molecular weight is 783 g/mol. The Labute approximate surface area is 310 Å². The minimum absolute atomic E-state index is 0.000586. The van der Waals surface area contributed by atoms with Crippen LogP contribution in [-0.2, 0) is 26.7 Å². The second-order valence-corrected chi connectivity index (χ2v) is 38.5. The molecule has 4 aromatic rings. The molecular weight excluding hydrogens is 727 g/mol. The molecule has 50 heavy (non-hydrogen) atoms. The van der Waals surface area contributed by atoms with Crippen molar-refractivity contribution in [1.82, 2.24) is 0 Å². The zero-order valence-corrected chi connectivity index (χ0v) is 36.3. The van der Waals surface area contributed by atoms with Crippen LogP contribution in [0, 0.1) is 13.8 Å². The molecule has 0 N–H and O–H groups in total. The summed E-state index contributed by atoms with van der Waals surface area (Å²) >= 11 is -5.46. The third-order valence-electron chi connectivity index (χ3n) is 11.4. The van der Waals surface area contributed by atoms with Gasteiger partial charge in [0.15, 0.2) is 0 Å². The summed E-state index contributed by atoms with van der Waals surface area (Å²) in [7, 11) is 17.8. The van der Waals surface area contributed by atoms with Gasteiger partial charge in [-0.15, -0.1) is 0 Å². The standard InChI is InChI=1S/C23H29.C19H22.C5H5.2ClH.Zr/c1-14-9-16-11-17-10-15(2)21(23(6,7)8)13-19(17)18(16)12-20(14)22(3,4)5;1-14(2)18-9-5-16(6-10-18)13-17-7-11-19(12-8-17)15(3)4;1-2-4-5-3-1;;;/h9-13H,1-8H3;5-12,14-15H,1-4H3;1-5H;2*1H;/q;;;;;+2/p-2. The summed E-state index contributed by atoms with van der Waals surface area (Å²) in [6, 6.07) is 28.1. The maximum atomic E-state index is 8.90. The molecule has 0 unspecified atom stereocenters. The molecule has 6 rings (SSSR count). The molecule has 0 aromatic heterocycles. The van der Waals surface area contributed by atoms with Gasteiger partial charge in [0.05, 0.1) is 0 Å². The second kappa shape index (κ2) is 13.0. The van der Waals surface area contributed by atoms with Crippen LogP contribution in [0.1, 0.15) is 140 Å². The molecule has 0 amide bonds. The zero-order chi connectivity index (χ0) is 36.6. The van der Waals surface area contributed by atoms with Crippen LogP contribution in [0.2, 0.25) is 3.63 Å². The summed E-state index contributed by atoms with van der Waals surface area (Å²) in [5.41, 5.74) is 15.4. The first-order chi connectivity index (χ1) is 23.2. The molecule has 2 aliphatic rings. The van der Waals surface area contributed by atoms with E-state index >= 15 is 0 Å². The molecule has 0 fully saturated rings. The Morgan fingerprint density at radius 2 is 0.940 bits per heavy atom. The Balaban J connectivity index is 1.83. The van der Waals surface area contributed by atoms with E-state index in [0.717, 1.165) is 14.3 Å². The van der Waals surface area contributed by atoms with Crippen molar-refractivity contribution in [2.45, 2.75) is 113 Å². The van der Waals surface area contributed by atoms with E-state index in [1.807, 2.05) is 0 Å². The fraction of sp³-hybridized carbons (Fsp3) is 0.383. The number of fused-ring (bicyclic) bond motifs is 3. The first-order valence-corrected chi connectivity index (χ1v) is 28.9. The predicted octanol–water partition coefficient (Wildman–Crippen LogP) is 14.4. The predicted molar refractivity (Wildman–Crippen MR) is 219 cm³/mol. The van der Waals surface area contributed by atoms with E-state index in [-0.39, 0.29) is 18.1 Å². The summed E-state index contributed by atoms with van der Waals surface area (Å²) in [5, 5.41) is 0. The number of aryl methyl sites for hydroxylation is 2. The average Bonchev–Trinajstić information content (AvgIpc) is 3.67. The number of benzene rings is 4. The summed E-state index contributed by atoms with van der Waals surface area (Å²) in [6.07, 6.45) is 8.90. The van der Waals surface area contributed by atoms with Gasteiger partial charge in [-0.3, -0.25) is 0 Å². The van der Waals surface area contributed by atoms with Gasteiger partial charge in [0.25, 0.3) is 0 Å². The van der Waals surface area contributed by atoms with Crippen molar-refractivity contribution in [3.8, 4) is 11.1 Å². The van der Waals surface area contributed by atoms with E-state index in [2.05, 4.69) is 180 Å². The van der Waals surface area contributed by atoms with E-state index in [9.17, 15) is 0 Å². The van der Waals surface area contributed by atoms with Crippen LogP contribution in [0.15, 0.2) is 97.1 Å². The fourth-order valence-electron chi connectivity index (χ4n) is 8.83. The zero-order valence-electron chi connectivity index (χ0n) is 32.3. The molecule has 0 nitrogen and oxygen atoms in total. The Bertz CT molecular complexity index is 1950. The summed E-state index contributed by atoms with van der Waals surface area (Å²) in [5.74, 6) is 0.864. The van der Waals surface area contributed by atoms with Gasteiger partial charge in [0, 0.05) is 0 Å². The topological polar surface area (TPSA) is 0 Å². The van der Waals surface area contributed by atoms with Gasteiger partial charge in [-0.2, -0.15) is 0 Å². The van der Waals surface area contributed by atoms with Crippen molar-refractivity contribution in [3.63, 3.8) is 0 Å². The van der Waals surface area contributed by atoms with E-state index in [1.165, 1.54) is 55.6 Å². The molecule has 0 saturated heterocycles. The summed E-state index contributed by atoms with van der Waals surface area (Å²) in [6.45, 7) is 27.5. The summed E-state index contributed by atoms with van der Waals surface area (Å²) in [4.78, 5) is 0. The molecule has 0 atom stereocenters. The van der Waals surface area contributed by atoms with Crippen LogP contribution >= 0.6 is 17.0 Å². The van der Waals surface area contributed by atoms with Gasteiger partial charge in [0.1, 0.15) is 0 Å². The normalized spacial score (nSPS) is 15.4. The fourth-order valence-corrected chi connectivity index (χ4v) is 28.2. The SMILES string of the molecule is Cc1cc2c(cc1C(C)(C)C)-c1cc(C(C)(C)C)c(C)cc1[CH]2[Zr]([Cl])([Cl])(=[C](c1ccc(C(C)C)cc1)c1ccc(C(C)C)cc1)[CH]1C=CC=C1. The third kappa shape index (κ3) is 6.27. The number of hydrogen-bond donors (Lipinski definition) is 0. The molecule has 0 bridgehead atoms. The van der Waals surface area contributed by atoms with E-state index < -0.39 is 15.9 Å². The van der Waals surface area contributed by atoms with Crippen molar-refractivity contribution in [3.05, 3.63) is 153 Å². The number of rotatable bonds is 6. The molecule has 2 aliphatic carbocycles. The van der Waals surface area contributed by atoms with Crippen molar-refractivity contribution in [2.75, 3.05) is 0 Å². The number of hydrogen-bond acceptors (Lipinski definition) is 0. The van der Waals surface area contributed by atoms with Crippen molar-refractivity contribution >= 4 is 20.2 Å². The Morgan fingerprint density at radius 3 is 1.26 bits per heavy atom. The Kier molecular flexibility index (Phi) is 9.72. The van der Waals surface area contributed by atoms with Crippen LogP contribution < -0.4 is 0 Å². The quantitative estimate of drug-likeness (QED) is 0.183. The van der Waals surface area contributed by atoms with Crippen molar-refractivity contribution in [1.29, 1.82) is 0 Å². The van der Waals surface area contributed by atoms with Crippen LogP contribution in [0.5, 0.6) is 0 Å². The molecule has 3 heteroatoms. The van der Waals surface area contributed by atoms with Crippen LogP contribution in [-0.4, -0.2) is 3.21 Å².